The number of carbonyl (C=O) groups is 2. The van der Waals surface area contributed by atoms with Crippen molar-refractivity contribution in [1.29, 1.82) is 5.26 Å². The molecule has 0 saturated carbocycles. The van der Waals surface area contributed by atoms with Crippen LogP contribution in [0.1, 0.15) is 25.3 Å². The van der Waals surface area contributed by atoms with Crippen molar-refractivity contribution in [3.05, 3.63) is 100 Å². The van der Waals surface area contributed by atoms with Gasteiger partial charge in [0.15, 0.2) is 11.5 Å². The number of nitriles is 1. The first-order valence-corrected chi connectivity index (χ1v) is 13.8. The molecule has 0 radical (unpaired) electrons. The number of amides is 2. The van der Waals surface area contributed by atoms with Gasteiger partial charge in [-0.2, -0.15) is 5.26 Å². The van der Waals surface area contributed by atoms with Crippen LogP contribution < -0.4 is 25.4 Å². The maximum Gasteiger partial charge on any atom is 0.254 e. The average Bonchev–Trinajstić information content (AvgIpc) is 2.97. The van der Waals surface area contributed by atoms with Crippen LogP contribution in [-0.2, 0) is 9.59 Å². The topological polar surface area (TPSA) is 133 Å². The number of dihydropyridines is 1. The standard InChI is InChI=1S/C31H30N4O5S/c1-4-40-25-13-9-8-12-23(25)35-27(37)18-41-31-22(17-32)29(20-14-15-24(36)26(16-20)39-3)28(19(2)33-31)30(38)34-21-10-6-5-7-11-21/h5-16,29,33,36H,4,18H2,1-3H3,(H,34,38)(H,35,37)/t29-/m1/s1. The van der Waals surface area contributed by atoms with Gasteiger partial charge in [0.2, 0.25) is 5.91 Å². The highest BCUT2D eigenvalue weighted by Crippen LogP contribution is 2.43. The molecule has 1 aliphatic heterocycles. The zero-order chi connectivity index (χ0) is 29.4. The molecular weight excluding hydrogens is 540 g/mol. The minimum atomic E-state index is -0.788. The van der Waals surface area contributed by atoms with E-state index < -0.39 is 5.92 Å². The normalized spacial score (nSPS) is 14.5. The summed E-state index contributed by atoms with van der Waals surface area (Å²) < 4.78 is 10.9. The fourth-order valence-corrected chi connectivity index (χ4v) is 5.32. The van der Waals surface area contributed by atoms with E-state index in [-0.39, 0.29) is 34.6 Å². The van der Waals surface area contributed by atoms with Gasteiger partial charge < -0.3 is 30.5 Å². The molecule has 0 aromatic heterocycles. The summed E-state index contributed by atoms with van der Waals surface area (Å²) >= 11 is 1.16. The molecule has 3 aromatic rings. The molecule has 0 aliphatic carbocycles. The predicted molar refractivity (Wildman–Crippen MR) is 160 cm³/mol. The van der Waals surface area contributed by atoms with Gasteiger partial charge in [-0.25, -0.2) is 0 Å². The molecule has 0 spiro atoms. The van der Waals surface area contributed by atoms with Crippen molar-refractivity contribution in [2.24, 2.45) is 0 Å². The Balaban J connectivity index is 1.66. The number of carbonyl (C=O) groups excluding carboxylic acids is 2. The maximum atomic E-state index is 13.6. The van der Waals surface area contributed by atoms with E-state index in [2.05, 4.69) is 22.0 Å². The lowest BCUT2D eigenvalue weighted by molar-refractivity contribution is -0.114. The van der Waals surface area contributed by atoms with Crippen LogP contribution in [0.4, 0.5) is 11.4 Å². The van der Waals surface area contributed by atoms with Crippen molar-refractivity contribution < 1.29 is 24.2 Å². The van der Waals surface area contributed by atoms with E-state index >= 15 is 0 Å². The predicted octanol–water partition coefficient (Wildman–Crippen LogP) is 5.51. The number of anilines is 2. The number of hydrogen-bond donors (Lipinski definition) is 4. The Bertz CT molecular complexity index is 1550. The van der Waals surface area contributed by atoms with Crippen LogP contribution in [0.15, 0.2) is 94.7 Å². The highest BCUT2D eigenvalue weighted by Gasteiger charge is 2.35. The van der Waals surface area contributed by atoms with Crippen molar-refractivity contribution in [1.82, 2.24) is 5.32 Å². The largest absolute Gasteiger partial charge is 0.504 e. The molecule has 1 aliphatic rings. The summed E-state index contributed by atoms with van der Waals surface area (Å²) in [5.41, 5.74) is 2.84. The lowest BCUT2D eigenvalue weighted by Gasteiger charge is -2.30. The number of phenols is 1. The van der Waals surface area contributed by atoms with E-state index in [4.69, 9.17) is 9.47 Å². The summed E-state index contributed by atoms with van der Waals surface area (Å²) in [6, 6.07) is 23.1. The van der Waals surface area contributed by atoms with Crippen molar-refractivity contribution in [2.45, 2.75) is 19.8 Å². The van der Waals surface area contributed by atoms with Gasteiger partial charge in [-0.05, 0) is 55.8 Å². The Hall–Kier alpha value is -4.88. The number of nitrogens with one attached hydrogen (secondary N) is 3. The number of phenolic OH excluding ortho intramolecular Hbond substituents is 1. The van der Waals surface area contributed by atoms with Crippen LogP contribution in [-0.4, -0.2) is 36.4 Å². The SMILES string of the molecule is CCOc1ccccc1NC(=O)CSC1=C(C#N)[C@@H](c2ccc(O)c(OC)c2)C(C(=O)Nc2ccccc2)=C(C)N1. The third-order valence-electron chi connectivity index (χ3n) is 6.27. The van der Waals surface area contributed by atoms with E-state index in [0.29, 0.717) is 45.6 Å². The van der Waals surface area contributed by atoms with Crippen LogP contribution in [0.25, 0.3) is 0 Å². The van der Waals surface area contributed by atoms with Crippen molar-refractivity contribution in [2.75, 3.05) is 30.1 Å². The maximum absolute atomic E-state index is 13.6. The highest BCUT2D eigenvalue weighted by molar-refractivity contribution is 8.03. The summed E-state index contributed by atoms with van der Waals surface area (Å²) in [6.07, 6.45) is 0. The van der Waals surface area contributed by atoms with E-state index in [1.165, 1.54) is 13.2 Å². The number of methoxy groups -OCH3 is 1. The summed E-state index contributed by atoms with van der Waals surface area (Å²) in [5, 5.41) is 29.9. The number of nitrogens with zero attached hydrogens (tertiary/aromatic N) is 1. The summed E-state index contributed by atoms with van der Waals surface area (Å²) in [4.78, 5) is 26.5. The van der Waals surface area contributed by atoms with Gasteiger partial charge in [-0.15, -0.1) is 0 Å². The van der Waals surface area contributed by atoms with Crippen molar-refractivity contribution in [3.63, 3.8) is 0 Å². The van der Waals surface area contributed by atoms with Gasteiger partial charge in [0.25, 0.3) is 5.91 Å². The van der Waals surface area contributed by atoms with Crippen molar-refractivity contribution in [3.8, 4) is 23.3 Å². The Morgan fingerprint density at radius 2 is 1.78 bits per heavy atom. The average molecular weight is 571 g/mol. The molecule has 0 bridgehead atoms. The van der Waals surface area contributed by atoms with Crippen LogP contribution in [0.2, 0.25) is 0 Å². The molecule has 9 nitrogen and oxygen atoms in total. The quantitative estimate of drug-likeness (QED) is 0.251. The molecule has 4 rings (SSSR count). The molecule has 10 heteroatoms. The monoisotopic (exact) mass is 570 g/mol. The number of rotatable bonds is 10. The number of ether oxygens (including phenoxy) is 2. The summed E-state index contributed by atoms with van der Waals surface area (Å²) in [5.74, 6) is -0.758. The minimum absolute atomic E-state index is 0.00157. The smallest absolute Gasteiger partial charge is 0.254 e. The summed E-state index contributed by atoms with van der Waals surface area (Å²) in [6.45, 7) is 4.07. The van der Waals surface area contributed by atoms with E-state index in [0.717, 1.165) is 11.8 Å². The second-order valence-electron chi connectivity index (χ2n) is 8.97. The first kappa shape index (κ1) is 29.1. The van der Waals surface area contributed by atoms with Gasteiger partial charge in [0, 0.05) is 17.0 Å². The number of benzene rings is 3. The van der Waals surface area contributed by atoms with Crippen LogP contribution in [0, 0.1) is 11.3 Å². The molecule has 1 heterocycles. The zero-order valence-electron chi connectivity index (χ0n) is 22.9. The van der Waals surface area contributed by atoms with Gasteiger partial charge in [0.1, 0.15) is 5.75 Å². The molecule has 1 atom stereocenters. The Morgan fingerprint density at radius 1 is 1.05 bits per heavy atom. The molecule has 41 heavy (non-hydrogen) atoms. The molecule has 3 aromatic carbocycles. The van der Waals surface area contributed by atoms with Gasteiger partial charge in [-0.1, -0.05) is 48.2 Å². The van der Waals surface area contributed by atoms with Gasteiger partial charge >= 0.3 is 0 Å². The third kappa shape index (κ3) is 6.83. The van der Waals surface area contributed by atoms with Crippen LogP contribution in [0.3, 0.4) is 0 Å². The Kier molecular flexibility index (Phi) is 9.55. The molecule has 4 N–H and O–H groups in total. The van der Waals surface area contributed by atoms with E-state index in [1.807, 2.05) is 31.2 Å². The molecule has 0 saturated heterocycles. The summed E-state index contributed by atoms with van der Waals surface area (Å²) in [7, 11) is 1.43. The number of para-hydroxylation sites is 3. The second-order valence-corrected chi connectivity index (χ2v) is 9.95. The first-order chi connectivity index (χ1) is 19.9. The number of thioether (sulfide) groups is 1. The van der Waals surface area contributed by atoms with Gasteiger partial charge in [0.05, 0.1) is 47.7 Å². The minimum Gasteiger partial charge on any atom is -0.504 e. The molecular formula is C31H30N4O5S. The highest BCUT2D eigenvalue weighted by atomic mass is 32.2. The fraction of sp³-hybridized carbons (Fsp3) is 0.194. The van der Waals surface area contributed by atoms with Gasteiger partial charge in [-0.3, -0.25) is 9.59 Å². The lowest BCUT2D eigenvalue weighted by Crippen LogP contribution is -2.31. The molecule has 210 valence electrons. The number of aromatic hydroxyl groups is 1. The lowest BCUT2D eigenvalue weighted by atomic mass is 9.82. The third-order valence-corrected chi connectivity index (χ3v) is 7.29. The molecule has 0 fully saturated rings. The Labute approximate surface area is 242 Å². The van der Waals surface area contributed by atoms with E-state index in [9.17, 15) is 20.0 Å². The zero-order valence-corrected chi connectivity index (χ0v) is 23.7. The first-order valence-electron chi connectivity index (χ1n) is 12.9. The van der Waals surface area contributed by atoms with Crippen LogP contribution >= 0.6 is 11.8 Å². The van der Waals surface area contributed by atoms with Crippen molar-refractivity contribution >= 4 is 35.0 Å². The number of hydrogen-bond acceptors (Lipinski definition) is 8. The fourth-order valence-electron chi connectivity index (χ4n) is 4.43. The van der Waals surface area contributed by atoms with E-state index in [1.54, 1.807) is 49.4 Å². The van der Waals surface area contributed by atoms with Crippen LogP contribution in [0.5, 0.6) is 17.2 Å². The Morgan fingerprint density at radius 3 is 2.49 bits per heavy atom. The molecule has 0 unspecified atom stereocenters. The second kappa shape index (κ2) is 13.5. The number of allylic oxidation sites excluding steroid dienone is 2. The molecule has 2 amide bonds.